The molecule has 0 spiro atoms. The molecular formula is C14H21Cl2N3O2. The number of carbonyl (C=O) groups is 2. The Morgan fingerprint density at radius 1 is 1.24 bits per heavy atom. The lowest BCUT2D eigenvalue weighted by Gasteiger charge is -2.09. The van der Waals surface area contributed by atoms with Crippen LogP contribution in [0.25, 0.3) is 0 Å². The van der Waals surface area contributed by atoms with E-state index in [2.05, 4.69) is 16.0 Å². The maximum atomic E-state index is 11.7. The van der Waals surface area contributed by atoms with Gasteiger partial charge in [0, 0.05) is 6.42 Å². The van der Waals surface area contributed by atoms with Gasteiger partial charge in [-0.3, -0.25) is 9.59 Å². The van der Waals surface area contributed by atoms with Gasteiger partial charge in [0.05, 0.1) is 17.3 Å². The van der Waals surface area contributed by atoms with Gasteiger partial charge in [-0.15, -0.1) is 12.4 Å². The van der Waals surface area contributed by atoms with Crippen molar-refractivity contribution in [1.82, 2.24) is 10.6 Å². The smallest absolute Gasteiger partial charge is 0.243 e. The van der Waals surface area contributed by atoms with Gasteiger partial charge in [0.2, 0.25) is 11.8 Å². The van der Waals surface area contributed by atoms with E-state index in [-0.39, 0.29) is 30.8 Å². The van der Waals surface area contributed by atoms with Crippen LogP contribution in [-0.4, -0.2) is 32.0 Å². The number of aryl methyl sites for hydroxylation is 1. The Bertz CT molecular complexity index is 481. The van der Waals surface area contributed by atoms with Gasteiger partial charge < -0.3 is 16.0 Å². The van der Waals surface area contributed by atoms with E-state index in [1.165, 1.54) is 0 Å². The third kappa shape index (κ3) is 7.90. The average Bonchev–Trinajstić information content (AvgIpc) is 2.40. The lowest BCUT2D eigenvalue weighted by atomic mass is 10.2. The summed E-state index contributed by atoms with van der Waals surface area (Å²) in [5, 5.41) is 8.67. The highest BCUT2D eigenvalue weighted by atomic mass is 35.5. The molecule has 0 saturated heterocycles. The summed E-state index contributed by atoms with van der Waals surface area (Å²) in [6.07, 6.45) is 1.15. The standard InChI is InChI=1S/C14H20ClN3O2.ClH/c1-10-5-6-12(11(15)8-10)18-14(20)9-17-13(19)4-3-7-16-2;/h5-6,8,16H,3-4,7,9H2,1-2H3,(H,17,19)(H,18,20);1H. The summed E-state index contributed by atoms with van der Waals surface area (Å²) in [4.78, 5) is 23.1. The molecule has 3 N–H and O–H groups in total. The minimum Gasteiger partial charge on any atom is -0.347 e. The number of carbonyl (C=O) groups excluding carboxylic acids is 2. The van der Waals surface area contributed by atoms with Crippen molar-refractivity contribution < 1.29 is 9.59 Å². The molecule has 7 heteroatoms. The van der Waals surface area contributed by atoms with Crippen LogP contribution in [-0.2, 0) is 9.59 Å². The first kappa shape index (κ1) is 19.7. The maximum absolute atomic E-state index is 11.7. The summed E-state index contributed by atoms with van der Waals surface area (Å²) in [6, 6.07) is 5.37. The number of hydrogen-bond acceptors (Lipinski definition) is 3. The van der Waals surface area contributed by atoms with Gasteiger partial charge in [0.25, 0.3) is 0 Å². The topological polar surface area (TPSA) is 70.2 Å². The molecule has 2 amide bonds. The fourth-order valence-electron chi connectivity index (χ4n) is 1.61. The third-order valence-corrected chi connectivity index (χ3v) is 2.99. The monoisotopic (exact) mass is 333 g/mol. The first-order chi connectivity index (χ1) is 9.52. The van der Waals surface area contributed by atoms with Gasteiger partial charge in [-0.2, -0.15) is 0 Å². The van der Waals surface area contributed by atoms with Crippen LogP contribution >= 0.6 is 24.0 Å². The summed E-state index contributed by atoms with van der Waals surface area (Å²) in [6.45, 7) is 2.64. The molecular weight excluding hydrogens is 313 g/mol. The van der Waals surface area contributed by atoms with E-state index in [4.69, 9.17) is 11.6 Å². The van der Waals surface area contributed by atoms with Gasteiger partial charge in [0.15, 0.2) is 0 Å². The van der Waals surface area contributed by atoms with Crippen molar-refractivity contribution in [3.8, 4) is 0 Å². The quantitative estimate of drug-likeness (QED) is 0.669. The summed E-state index contributed by atoms with van der Waals surface area (Å²) in [5.74, 6) is -0.428. The number of anilines is 1. The van der Waals surface area contributed by atoms with Crippen LogP contribution in [0.1, 0.15) is 18.4 Å². The largest absolute Gasteiger partial charge is 0.347 e. The molecule has 0 fully saturated rings. The Kier molecular flexibility index (Phi) is 9.78. The molecule has 1 aromatic carbocycles. The molecule has 0 saturated carbocycles. The zero-order valence-electron chi connectivity index (χ0n) is 12.2. The van der Waals surface area contributed by atoms with Gasteiger partial charge in [-0.25, -0.2) is 0 Å². The fourth-order valence-corrected chi connectivity index (χ4v) is 1.89. The third-order valence-electron chi connectivity index (χ3n) is 2.68. The second-order valence-corrected chi connectivity index (χ2v) is 4.92. The molecule has 0 aromatic heterocycles. The average molecular weight is 334 g/mol. The summed E-state index contributed by atoms with van der Waals surface area (Å²) in [5.41, 5.74) is 1.57. The zero-order chi connectivity index (χ0) is 15.0. The van der Waals surface area contributed by atoms with E-state index in [9.17, 15) is 9.59 Å². The Morgan fingerprint density at radius 3 is 2.57 bits per heavy atom. The second kappa shape index (κ2) is 10.4. The normalized spacial score (nSPS) is 9.67. The van der Waals surface area contributed by atoms with E-state index < -0.39 is 0 Å². The van der Waals surface area contributed by atoms with Crippen LogP contribution < -0.4 is 16.0 Å². The number of amides is 2. The van der Waals surface area contributed by atoms with Gasteiger partial charge in [-0.1, -0.05) is 17.7 Å². The van der Waals surface area contributed by atoms with Crippen molar-refractivity contribution in [1.29, 1.82) is 0 Å². The van der Waals surface area contributed by atoms with Crippen molar-refractivity contribution in [3.63, 3.8) is 0 Å². The van der Waals surface area contributed by atoms with E-state index in [1.54, 1.807) is 12.1 Å². The molecule has 0 unspecified atom stereocenters. The van der Waals surface area contributed by atoms with Crippen molar-refractivity contribution in [3.05, 3.63) is 28.8 Å². The van der Waals surface area contributed by atoms with Gasteiger partial charge >= 0.3 is 0 Å². The van der Waals surface area contributed by atoms with Crippen molar-refractivity contribution in [2.24, 2.45) is 0 Å². The van der Waals surface area contributed by atoms with E-state index in [0.29, 0.717) is 17.1 Å². The molecule has 5 nitrogen and oxygen atoms in total. The maximum Gasteiger partial charge on any atom is 0.243 e. The second-order valence-electron chi connectivity index (χ2n) is 4.52. The van der Waals surface area contributed by atoms with Crippen molar-refractivity contribution in [2.75, 3.05) is 25.5 Å². The zero-order valence-corrected chi connectivity index (χ0v) is 13.7. The molecule has 0 heterocycles. The Hall–Kier alpha value is -1.30. The first-order valence-corrected chi connectivity index (χ1v) is 6.88. The van der Waals surface area contributed by atoms with E-state index >= 15 is 0 Å². The molecule has 1 aromatic rings. The van der Waals surface area contributed by atoms with Crippen LogP contribution in [0.5, 0.6) is 0 Å². The summed E-state index contributed by atoms with van der Waals surface area (Å²) in [7, 11) is 1.83. The highest BCUT2D eigenvalue weighted by Gasteiger charge is 2.07. The molecule has 0 radical (unpaired) electrons. The Balaban J connectivity index is 0.00000400. The number of rotatable bonds is 7. The minimum atomic E-state index is -0.294. The van der Waals surface area contributed by atoms with E-state index in [0.717, 1.165) is 18.5 Å². The molecule has 0 aliphatic rings. The number of benzene rings is 1. The molecule has 118 valence electrons. The highest BCUT2D eigenvalue weighted by molar-refractivity contribution is 6.33. The number of halogens is 2. The predicted octanol–water partition coefficient (Wildman–Crippen LogP) is 2.12. The van der Waals surface area contributed by atoms with Crippen LogP contribution in [0.4, 0.5) is 5.69 Å². The predicted molar refractivity (Wildman–Crippen MR) is 88.2 cm³/mol. The van der Waals surface area contributed by atoms with Gasteiger partial charge in [0.1, 0.15) is 0 Å². The Morgan fingerprint density at radius 2 is 1.95 bits per heavy atom. The van der Waals surface area contributed by atoms with Crippen molar-refractivity contribution in [2.45, 2.75) is 19.8 Å². The highest BCUT2D eigenvalue weighted by Crippen LogP contribution is 2.22. The Labute approximate surface area is 136 Å². The lowest BCUT2D eigenvalue weighted by molar-refractivity contribution is -0.124. The van der Waals surface area contributed by atoms with Crippen LogP contribution in [0.15, 0.2) is 18.2 Å². The SMILES string of the molecule is CNCCCC(=O)NCC(=O)Nc1ccc(C)cc1Cl.Cl. The minimum absolute atomic E-state index is 0. The molecule has 0 bridgehead atoms. The van der Waals surface area contributed by atoms with Crippen LogP contribution in [0.3, 0.4) is 0 Å². The van der Waals surface area contributed by atoms with E-state index in [1.807, 2.05) is 20.0 Å². The van der Waals surface area contributed by atoms with Crippen LogP contribution in [0.2, 0.25) is 5.02 Å². The number of nitrogens with one attached hydrogen (secondary N) is 3. The summed E-state index contributed by atoms with van der Waals surface area (Å²) < 4.78 is 0. The summed E-state index contributed by atoms with van der Waals surface area (Å²) >= 11 is 6.01. The molecule has 0 aliphatic carbocycles. The number of hydrogen-bond donors (Lipinski definition) is 3. The molecule has 0 aliphatic heterocycles. The first-order valence-electron chi connectivity index (χ1n) is 6.50. The fraction of sp³-hybridized carbons (Fsp3) is 0.429. The van der Waals surface area contributed by atoms with Gasteiger partial charge in [-0.05, 0) is 44.6 Å². The molecule has 0 atom stereocenters. The molecule has 1 rings (SSSR count). The van der Waals surface area contributed by atoms with Crippen molar-refractivity contribution >= 4 is 41.5 Å². The van der Waals surface area contributed by atoms with Crippen LogP contribution in [0, 0.1) is 6.92 Å². The lowest BCUT2D eigenvalue weighted by Crippen LogP contribution is -2.33. The molecule has 21 heavy (non-hydrogen) atoms.